The van der Waals surface area contributed by atoms with Crippen molar-refractivity contribution in [3.63, 3.8) is 0 Å². The number of aliphatic hydroxyl groups is 2. The van der Waals surface area contributed by atoms with Crippen molar-refractivity contribution in [2.45, 2.75) is 72.0 Å². The second-order valence-corrected chi connectivity index (χ2v) is 11.6. The van der Waals surface area contributed by atoms with E-state index < -0.39 is 21.7 Å². The van der Waals surface area contributed by atoms with Gasteiger partial charge in [0.2, 0.25) is 0 Å². The van der Waals surface area contributed by atoms with Gasteiger partial charge in [-0.1, -0.05) is 36.4 Å². The molecular weight excluding hydrogens is 416 g/mol. The predicted molar refractivity (Wildman–Crippen MR) is 124 cm³/mol. The lowest BCUT2D eigenvalue weighted by molar-refractivity contribution is -0.128. The molecule has 6 heteroatoms. The van der Waals surface area contributed by atoms with E-state index in [1.165, 1.54) is 23.5 Å². The van der Waals surface area contributed by atoms with E-state index in [-0.39, 0.29) is 24.4 Å². The maximum absolute atomic E-state index is 12.7. The molecule has 0 unspecified atom stereocenters. The van der Waals surface area contributed by atoms with Crippen LogP contribution in [0, 0.1) is 0 Å². The highest BCUT2D eigenvalue weighted by molar-refractivity contribution is 8.01. The molecule has 0 fully saturated rings. The van der Waals surface area contributed by atoms with Gasteiger partial charge in [0.15, 0.2) is 11.6 Å². The van der Waals surface area contributed by atoms with Crippen LogP contribution in [-0.2, 0) is 9.59 Å². The minimum Gasteiger partial charge on any atom is -0.390 e. The summed E-state index contributed by atoms with van der Waals surface area (Å²) in [7, 11) is 0. The van der Waals surface area contributed by atoms with Crippen LogP contribution in [0.25, 0.3) is 0 Å². The van der Waals surface area contributed by atoms with E-state index in [4.69, 9.17) is 0 Å². The predicted octanol–water partition coefficient (Wildman–Crippen LogP) is 4.77. The van der Waals surface area contributed by atoms with Gasteiger partial charge < -0.3 is 10.2 Å². The van der Waals surface area contributed by atoms with Gasteiger partial charge >= 0.3 is 0 Å². The first kappa shape index (κ1) is 24.7. The van der Waals surface area contributed by atoms with Gasteiger partial charge in [-0.05, 0) is 52.0 Å². The fraction of sp³-hybridized carbons (Fsp3) is 0.417. The quantitative estimate of drug-likeness (QED) is 0.485. The second-order valence-electron chi connectivity index (χ2n) is 8.24. The summed E-state index contributed by atoms with van der Waals surface area (Å²) in [5, 5.41) is 20.8. The number of hydrogen-bond acceptors (Lipinski definition) is 6. The molecule has 162 valence electrons. The maximum Gasteiger partial charge on any atom is 0.151 e. The van der Waals surface area contributed by atoms with E-state index >= 15 is 0 Å². The third-order valence-electron chi connectivity index (χ3n) is 4.81. The fourth-order valence-corrected chi connectivity index (χ4v) is 4.98. The Morgan fingerprint density at radius 2 is 1.00 bits per heavy atom. The van der Waals surface area contributed by atoms with E-state index in [2.05, 4.69) is 0 Å². The molecule has 0 aromatic heterocycles. The lowest BCUT2D eigenvalue weighted by Gasteiger charge is -2.27. The summed E-state index contributed by atoms with van der Waals surface area (Å²) in [5.41, 5.74) is 0. The first-order chi connectivity index (χ1) is 14.0. The molecule has 2 atom stereocenters. The van der Waals surface area contributed by atoms with Crippen LogP contribution in [0.4, 0.5) is 0 Å². The number of rotatable bonds is 11. The van der Waals surface area contributed by atoms with Gasteiger partial charge in [0, 0.05) is 22.6 Å². The molecule has 0 aliphatic carbocycles. The molecule has 0 bridgehead atoms. The van der Waals surface area contributed by atoms with Crippen molar-refractivity contribution in [3.05, 3.63) is 60.7 Å². The lowest BCUT2D eigenvalue weighted by atomic mass is 9.94. The topological polar surface area (TPSA) is 74.6 Å². The summed E-state index contributed by atoms with van der Waals surface area (Å²) in [5.74, 6) is -0.346. The summed E-state index contributed by atoms with van der Waals surface area (Å²) in [6.07, 6.45) is -2.97. The van der Waals surface area contributed by atoms with Gasteiger partial charge in [0.1, 0.15) is 0 Å². The second kappa shape index (κ2) is 10.6. The smallest absolute Gasteiger partial charge is 0.151 e. The molecule has 2 rings (SSSR count). The summed E-state index contributed by atoms with van der Waals surface area (Å²) in [6.45, 7) is 7.21. The summed E-state index contributed by atoms with van der Waals surface area (Å²) >= 11 is 2.83. The molecule has 2 aromatic rings. The van der Waals surface area contributed by atoms with Gasteiger partial charge in [-0.15, -0.1) is 23.5 Å². The van der Waals surface area contributed by atoms with Crippen LogP contribution in [-0.4, -0.2) is 43.5 Å². The number of Topliss-reactive ketones (excluding diaryl/α,β-unsaturated/α-hetero) is 2. The van der Waals surface area contributed by atoms with E-state index in [0.29, 0.717) is 0 Å². The molecule has 0 aliphatic rings. The number of ketones is 2. The monoisotopic (exact) mass is 446 g/mol. The van der Waals surface area contributed by atoms with E-state index in [1.807, 2.05) is 60.7 Å². The Hall–Kier alpha value is -1.60. The molecule has 2 N–H and O–H groups in total. The number of thioether (sulfide) groups is 2. The molecule has 0 radical (unpaired) electrons. The third-order valence-corrected chi connectivity index (χ3v) is 7.30. The molecule has 0 saturated carbocycles. The Morgan fingerprint density at radius 3 is 1.30 bits per heavy atom. The van der Waals surface area contributed by atoms with Crippen LogP contribution in [0.15, 0.2) is 70.5 Å². The standard InChI is InChI=1S/C24H30O4S2/c1-23(2,29-17-11-7-5-8-12-17)21(27)15-19(25)20(26)16-22(28)24(3,4)30-18-13-9-6-10-14-18/h5-14,19-20,25-26H,15-16H2,1-4H3/t19-,20-/m1/s1. The van der Waals surface area contributed by atoms with Crippen LogP contribution in [0.5, 0.6) is 0 Å². The molecular formula is C24H30O4S2. The molecule has 2 aromatic carbocycles. The van der Waals surface area contributed by atoms with Crippen molar-refractivity contribution in [2.75, 3.05) is 0 Å². The van der Waals surface area contributed by atoms with Crippen molar-refractivity contribution in [1.29, 1.82) is 0 Å². The van der Waals surface area contributed by atoms with Crippen LogP contribution < -0.4 is 0 Å². The van der Waals surface area contributed by atoms with E-state index in [1.54, 1.807) is 27.7 Å². The van der Waals surface area contributed by atoms with Crippen LogP contribution >= 0.6 is 23.5 Å². The highest BCUT2D eigenvalue weighted by Gasteiger charge is 2.35. The van der Waals surface area contributed by atoms with Gasteiger partial charge in [0.05, 0.1) is 21.7 Å². The molecule has 30 heavy (non-hydrogen) atoms. The molecule has 0 amide bonds. The molecule has 0 spiro atoms. The first-order valence-electron chi connectivity index (χ1n) is 9.92. The molecule has 0 heterocycles. The Labute approximate surface area is 187 Å². The van der Waals surface area contributed by atoms with Gasteiger partial charge in [-0.2, -0.15) is 0 Å². The molecule has 4 nitrogen and oxygen atoms in total. The van der Waals surface area contributed by atoms with Gasteiger partial charge in [-0.25, -0.2) is 0 Å². The Balaban J connectivity index is 1.92. The summed E-state index contributed by atoms with van der Waals surface area (Å²) < 4.78 is -1.51. The van der Waals surface area contributed by atoms with E-state index in [9.17, 15) is 19.8 Å². The number of benzene rings is 2. The van der Waals surface area contributed by atoms with Gasteiger partial charge in [-0.3, -0.25) is 9.59 Å². The Bertz CT molecular complexity index is 763. The van der Waals surface area contributed by atoms with Gasteiger partial charge in [0.25, 0.3) is 0 Å². The highest BCUT2D eigenvalue weighted by atomic mass is 32.2. The Kier molecular flexibility index (Phi) is 8.73. The SMILES string of the molecule is CC(C)(Sc1ccccc1)C(=O)C[C@@H](O)[C@H](O)CC(=O)C(C)(C)Sc1ccccc1. The van der Waals surface area contributed by atoms with Crippen molar-refractivity contribution in [1.82, 2.24) is 0 Å². The minimum absolute atomic E-state index is 0.173. The number of aliphatic hydroxyl groups excluding tert-OH is 2. The number of carbonyl (C=O) groups excluding carboxylic acids is 2. The third kappa shape index (κ3) is 7.27. The zero-order chi connectivity index (χ0) is 22.4. The van der Waals surface area contributed by atoms with E-state index in [0.717, 1.165) is 9.79 Å². The van der Waals surface area contributed by atoms with Crippen LogP contribution in [0.1, 0.15) is 40.5 Å². The maximum atomic E-state index is 12.7. The average molecular weight is 447 g/mol. The van der Waals surface area contributed by atoms with Crippen LogP contribution in [0.2, 0.25) is 0 Å². The molecule has 0 aliphatic heterocycles. The van der Waals surface area contributed by atoms with Crippen molar-refractivity contribution < 1.29 is 19.8 Å². The zero-order valence-electron chi connectivity index (χ0n) is 17.9. The summed E-state index contributed by atoms with van der Waals surface area (Å²) in [4.78, 5) is 27.4. The summed E-state index contributed by atoms with van der Waals surface area (Å²) in [6, 6.07) is 19.1. The largest absolute Gasteiger partial charge is 0.390 e. The van der Waals surface area contributed by atoms with Crippen molar-refractivity contribution in [2.24, 2.45) is 0 Å². The van der Waals surface area contributed by atoms with Crippen LogP contribution in [0.3, 0.4) is 0 Å². The fourth-order valence-electron chi connectivity index (χ4n) is 2.82. The number of carbonyl (C=O) groups is 2. The average Bonchev–Trinajstić information content (AvgIpc) is 2.68. The normalized spacial score (nSPS) is 14.2. The number of hydrogen-bond donors (Lipinski definition) is 2. The van der Waals surface area contributed by atoms with Crippen molar-refractivity contribution >= 4 is 35.1 Å². The molecule has 0 saturated heterocycles. The minimum atomic E-state index is -1.28. The van der Waals surface area contributed by atoms with Crippen molar-refractivity contribution in [3.8, 4) is 0 Å². The Morgan fingerprint density at radius 1 is 0.700 bits per heavy atom. The highest BCUT2D eigenvalue weighted by Crippen LogP contribution is 2.36. The lowest BCUT2D eigenvalue weighted by Crippen LogP contribution is -2.39. The zero-order valence-corrected chi connectivity index (χ0v) is 19.5. The first-order valence-corrected chi connectivity index (χ1v) is 11.6.